The van der Waals surface area contributed by atoms with Crippen LogP contribution in [-0.2, 0) is 0 Å². The monoisotopic (exact) mass is 266 g/mol. The van der Waals surface area contributed by atoms with Crippen LogP contribution in [0.5, 0.6) is 0 Å². The molecule has 0 atom stereocenters. The van der Waals surface area contributed by atoms with Crippen molar-refractivity contribution in [3.63, 3.8) is 0 Å². The fourth-order valence-corrected chi connectivity index (χ4v) is 1.54. The second-order valence-electron chi connectivity index (χ2n) is 2.68. The molecule has 15 heavy (non-hydrogen) atoms. The highest BCUT2D eigenvalue weighted by atomic mass is 79.9. The van der Waals surface area contributed by atoms with Crippen LogP contribution in [-0.4, -0.2) is 5.78 Å². The maximum Gasteiger partial charge on any atom is 0.195 e. The van der Waals surface area contributed by atoms with Crippen molar-refractivity contribution in [3.8, 4) is 12.1 Å². The van der Waals surface area contributed by atoms with Crippen LogP contribution >= 0.6 is 15.9 Å². The molecule has 74 valence electrons. The first kappa shape index (κ1) is 11.4. The van der Waals surface area contributed by atoms with Gasteiger partial charge in [-0.05, 0) is 34.1 Å². The molecule has 0 aliphatic rings. The average molecular weight is 267 g/mol. The van der Waals surface area contributed by atoms with E-state index in [0.29, 0.717) is 0 Å². The first-order chi connectivity index (χ1) is 7.10. The van der Waals surface area contributed by atoms with Crippen molar-refractivity contribution >= 4 is 21.7 Å². The molecule has 0 aromatic heterocycles. The molecule has 0 aliphatic carbocycles. The molecule has 0 aliphatic heterocycles. The van der Waals surface area contributed by atoms with E-state index < -0.39 is 17.5 Å². The van der Waals surface area contributed by atoms with Crippen LogP contribution in [0.1, 0.15) is 10.4 Å². The molecule has 1 aromatic carbocycles. The maximum absolute atomic E-state index is 12.7. The maximum atomic E-state index is 12.7. The molecule has 0 saturated carbocycles. The topological polar surface area (TPSA) is 64.7 Å². The van der Waals surface area contributed by atoms with Gasteiger partial charge < -0.3 is 0 Å². The van der Waals surface area contributed by atoms with Crippen molar-refractivity contribution < 1.29 is 9.18 Å². The highest BCUT2D eigenvalue weighted by molar-refractivity contribution is 9.10. The van der Waals surface area contributed by atoms with E-state index in [1.165, 1.54) is 6.07 Å². The summed E-state index contributed by atoms with van der Waals surface area (Å²) in [6, 6.07) is 6.58. The van der Waals surface area contributed by atoms with Crippen LogP contribution in [0.4, 0.5) is 4.39 Å². The number of hydrogen-bond acceptors (Lipinski definition) is 3. The molecule has 0 saturated heterocycles. The van der Waals surface area contributed by atoms with E-state index in [1.807, 2.05) is 0 Å². The molecular formula is C10H4BrFN2O. The number of benzene rings is 1. The Balaban J connectivity index is 3.14. The summed E-state index contributed by atoms with van der Waals surface area (Å²) in [5, 5.41) is 17.0. The smallest absolute Gasteiger partial charge is 0.195 e. The standard InChI is InChI=1S/C10H4BrFN2O/c11-9-3-7(12)1-2-8(9)10(15)6(4-13)5-14/h1-3,6H. The van der Waals surface area contributed by atoms with E-state index in [-0.39, 0.29) is 10.0 Å². The molecule has 1 aromatic rings. The van der Waals surface area contributed by atoms with Gasteiger partial charge >= 0.3 is 0 Å². The van der Waals surface area contributed by atoms with Gasteiger partial charge in [0.2, 0.25) is 0 Å². The second-order valence-corrected chi connectivity index (χ2v) is 3.53. The summed E-state index contributed by atoms with van der Waals surface area (Å²) in [6.45, 7) is 0. The number of carbonyl (C=O) groups excluding carboxylic acids is 1. The van der Waals surface area contributed by atoms with Crippen molar-refractivity contribution in [2.75, 3.05) is 0 Å². The molecule has 0 amide bonds. The minimum Gasteiger partial charge on any atom is -0.291 e. The zero-order chi connectivity index (χ0) is 11.4. The van der Waals surface area contributed by atoms with Gasteiger partial charge in [0.05, 0.1) is 12.1 Å². The predicted octanol–water partition coefficient (Wildman–Crippen LogP) is 2.43. The Bertz CT molecular complexity index is 473. The lowest BCUT2D eigenvalue weighted by Crippen LogP contribution is -2.11. The summed E-state index contributed by atoms with van der Waals surface area (Å²) in [5.74, 6) is -2.48. The van der Waals surface area contributed by atoms with E-state index in [2.05, 4.69) is 15.9 Å². The van der Waals surface area contributed by atoms with E-state index in [4.69, 9.17) is 10.5 Å². The Morgan fingerprint density at radius 3 is 2.47 bits per heavy atom. The normalized spacial score (nSPS) is 9.40. The predicted molar refractivity (Wildman–Crippen MR) is 53.1 cm³/mol. The lowest BCUT2D eigenvalue weighted by Gasteiger charge is -2.02. The molecule has 0 heterocycles. The van der Waals surface area contributed by atoms with Crippen LogP contribution in [0.15, 0.2) is 22.7 Å². The molecule has 1 rings (SSSR count). The molecule has 0 radical (unpaired) electrons. The highest BCUT2D eigenvalue weighted by Gasteiger charge is 2.21. The van der Waals surface area contributed by atoms with Gasteiger partial charge in [-0.3, -0.25) is 4.79 Å². The quantitative estimate of drug-likeness (QED) is 0.773. The van der Waals surface area contributed by atoms with Gasteiger partial charge in [0, 0.05) is 10.0 Å². The minimum atomic E-state index is -1.35. The Morgan fingerprint density at radius 2 is 2.00 bits per heavy atom. The van der Waals surface area contributed by atoms with Gasteiger partial charge in [0.15, 0.2) is 11.7 Å². The highest BCUT2D eigenvalue weighted by Crippen LogP contribution is 2.20. The largest absolute Gasteiger partial charge is 0.291 e. The summed E-state index contributed by atoms with van der Waals surface area (Å²) in [7, 11) is 0. The van der Waals surface area contributed by atoms with E-state index in [0.717, 1.165) is 12.1 Å². The molecule has 3 nitrogen and oxygen atoms in total. The third-order valence-corrected chi connectivity index (χ3v) is 2.37. The number of halogens is 2. The summed E-state index contributed by atoms with van der Waals surface area (Å²) < 4.78 is 12.9. The Morgan fingerprint density at radius 1 is 1.40 bits per heavy atom. The number of rotatable bonds is 2. The third-order valence-electron chi connectivity index (χ3n) is 1.72. The van der Waals surface area contributed by atoms with E-state index >= 15 is 0 Å². The number of hydrogen-bond donors (Lipinski definition) is 0. The summed E-state index contributed by atoms with van der Waals surface area (Å²) in [4.78, 5) is 11.5. The van der Waals surface area contributed by atoms with Gasteiger partial charge in [-0.1, -0.05) is 0 Å². The Hall–Kier alpha value is -1.72. The Labute approximate surface area is 93.9 Å². The van der Waals surface area contributed by atoms with Gasteiger partial charge in [-0.15, -0.1) is 0 Å². The van der Waals surface area contributed by atoms with E-state index in [1.54, 1.807) is 12.1 Å². The summed E-state index contributed by atoms with van der Waals surface area (Å²) >= 11 is 2.99. The zero-order valence-electron chi connectivity index (χ0n) is 7.37. The fraction of sp³-hybridized carbons (Fsp3) is 0.100. The van der Waals surface area contributed by atoms with Crippen LogP contribution in [0.25, 0.3) is 0 Å². The van der Waals surface area contributed by atoms with Crippen LogP contribution in [0.3, 0.4) is 0 Å². The van der Waals surface area contributed by atoms with Gasteiger partial charge in [0.1, 0.15) is 5.82 Å². The molecule has 0 fully saturated rings. The van der Waals surface area contributed by atoms with Crippen molar-refractivity contribution in [1.82, 2.24) is 0 Å². The fourth-order valence-electron chi connectivity index (χ4n) is 0.991. The van der Waals surface area contributed by atoms with Gasteiger partial charge in [0.25, 0.3) is 0 Å². The Kier molecular flexibility index (Phi) is 3.54. The SMILES string of the molecule is N#CC(C#N)C(=O)c1ccc(F)cc1Br. The van der Waals surface area contributed by atoms with Gasteiger partial charge in [-0.25, -0.2) is 4.39 Å². The molecule has 0 spiro atoms. The van der Waals surface area contributed by atoms with Crippen molar-refractivity contribution in [1.29, 1.82) is 10.5 Å². The molecular weight excluding hydrogens is 263 g/mol. The molecule has 0 bridgehead atoms. The van der Waals surface area contributed by atoms with Crippen LogP contribution in [0, 0.1) is 34.4 Å². The number of carbonyl (C=O) groups is 1. The molecule has 0 unspecified atom stereocenters. The van der Waals surface area contributed by atoms with Crippen molar-refractivity contribution in [3.05, 3.63) is 34.1 Å². The van der Waals surface area contributed by atoms with Crippen molar-refractivity contribution in [2.45, 2.75) is 0 Å². The first-order valence-corrected chi connectivity index (χ1v) is 4.68. The zero-order valence-corrected chi connectivity index (χ0v) is 8.95. The lowest BCUT2D eigenvalue weighted by atomic mass is 10.0. The summed E-state index contributed by atoms with van der Waals surface area (Å²) in [5.41, 5.74) is 0.129. The molecule has 0 N–H and O–H groups in total. The lowest BCUT2D eigenvalue weighted by molar-refractivity contribution is 0.0970. The molecule has 5 heteroatoms. The first-order valence-electron chi connectivity index (χ1n) is 3.88. The minimum absolute atomic E-state index is 0.129. The number of Topliss-reactive ketones (excluding diaryl/α,β-unsaturated/α-hetero) is 1. The number of nitriles is 2. The third kappa shape index (κ3) is 2.39. The van der Waals surface area contributed by atoms with Gasteiger partial charge in [-0.2, -0.15) is 10.5 Å². The van der Waals surface area contributed by atoms with E-state index in [9.17, 15) is 9.18 Å². The number of ketones is 1. The number of nitrogens with zero attached hydrogens (tertiary/aromatic N) is 2. The average Bonchev–Trinajstić information content (AvgIpc) is 2.19. The van der Waals surface area contributed by atoms with Crippen LogP contribution in [0.2, 0.25) is 0 Å². The second kappa shape index (κ2) is 4.68. The van der Waals surface area contributed by atoms with Crippen molar-refractivity contribution in [2.24, 2.45) is 5.92 Å². The van der Waals surface area contributed by atoms with Crippen LogP contribution < -0.4 is 0 Å². The summed E-state index contributed by atoms with van der Waals surface area (Å²) in [6.07, 6.45) is 0.